The Kier molecular flexibility index (Phi) is 4.44. The van der Waals surface area contributed by atoms with Crippen LogP contribution in [0.4, 0.5) is 4.39 Å². The molecule has 0 saturated carbocycles. The third kappa shape index (κ3) is 2.93. The monoisotopic (exact) mass is 397 g/mol. The van der Waals surface area contributed by atoms with Crippen LogP contribution in [-0.2, 0) is 9.84 Å². The van der Waals surface area contributed by atoms with Crippen molar-refractivity contribution in [1.29, 1.82) is 0 Å². The molecule has 0 N–H and O–H groups in total. The average Bonchev–Trinajstić information content (AvgIpc) is 2.97. The molecular formula is C17H17ClFN3O3S. The minimum atomic E-state index is -3.71. The first-order valence-corrected chi connectivity index (χ1v) is 9.53. The smallest absolute Gasteiger partial charge is 0.188 e. The lowest BCUT2D eigenvalue weighted by Crippen LogP contribution is -2.28. The summed E-state index contributed by atoms with van der Waals surface area (Å²) in [6.45, 7) is 4.80. The van der Waals surface area contributed by atoms with Crippen molar-refractivity contribution in [1.82, 2.24) is 14.4 Å². The van der Waals surface area contributed by atoms with E-state index in [1.165, 1.54) is 36.0 Å². The molecule has 0 unspecified atom stereocenters. The first kappa shape index (κ1) is 18.6. The lowest BCUT2D eigenvalue weighted by atomic mass is 10.2. The molecule has 138 valence electrons. The highest BCUT2D eigenvalue weighted by atomic mass is 35.5. The predicted octanol–water partition coefficient (Wildman–Crippen LogP) is 3.77. The maximum absolute atomic E-state index is 14.2. The summed E-state index contributed by atoms with van der Waals surface area (Å²) >= 11 is 5.87. The molecule has 3 heterocycles. The molecule has 3 rings (SSSR count). The van der Waals surface area contributed by atoms with E-state index in [4.69, 9.17) is 16.3 Å². The van der Waals surface area contributed by atoms with E-state index in [1.807, 2.05) is 0 Å². The van der Waals surface area contributed by atoms with E-state index < -0.39 is 20.4 Å². The lowest BCUT2D eigenvalue weighted by Gasteiger charge is -2.21. The summed E-state index contributed by atoms with van der Waals surface area (Å²) in [5, 5.41) is 0.118. The minimum Gasteiger partial charge on any atom is -0.495 e. The Labute approximate surface area is 155 Å². The molecule has 0 spiro atoms. The molecule has 0 atom stereocenters. The van der Waals surface area contributed by atoms with Crippen LogP contribution < -0.4 is 4.74 Å². The van der Waals surface area contributed by atoms with Crippen LogP contribution in [-0.4, -0.2) is 34.6 Å². The number of imidazole rings is 1. The van der Waals surface area contributed by atoms with Gasteiger partial charge < -0.3 is 4.74 Å². The molecule has 0 aliphatic rings. The van der Waals surface area contributed by atoms with Crippen LogP contribution in [0.2, 0.25) is 5.15 Å². The van der Waals surface area contributed by atoms with Gasteiger partial charge in [-0.25, -0.2) is 22.8 Å². The van der Waals surface area contributed by atoms with Gasteiger partial charge in [0.25, 0.3) is 0 Å². The van der Waals surface area contributed by atoms with Gasteiger partial charge in [-0.3, -0.25) is 4.40 Å². The van der Waals surface area contributed by atoms with E-state index in [0.717, 1.165) is 6.20 Å². The highest BCUT2D eigenvalue weighted by molar-refractivity contribution is 7.92. The molecule has 0 saturated heterocycles. The van der Waals surface area contributed by atoms with Crippen molar-refractivity contribution in [2.24, 2.45) is 0 Å². The molecule has 0 amide bonds. The zero-order chi connectivity index (χ0) is 19.3. The zero-order valence-corrected chi connectivity index (χ0v) is 16.2. The number of nitrogens with zero attached hydrogens (tertiary/aromatic N) is 3. The van der Waals surface area contributed by atoms with Gasteiger partial charge in [-0.2, -0.15) is 0 Å². The molecule has 26 heavy (non-hydrogen) atoms. The first-order chi connectivity index (χ1) is 12.1. The fourth-order valence-corrected chi connectivity index (χ4v) is 3.96. The summed E-state index contributed by atoms with van der Waals surface area (Å²) in [6.07, 6.45) is 3.84. The number of methoxy groups -OCH3 is 1. The van der Waals surface area contributed by atoms with E-state index in [9.17, 15) is 12.8 Å². The molecule has 0 fully saturated rings. The van der Waals surface area contributed by atoms with Crippen LogP contribution in [0.25, 0.3) is 16.9 Å². The molecule has 3 aromatic rings. The highest BCUT2D eigenvalue weighted by Crippen LogP contribution is 2.34. The van der Waals surface area contributed by atoms with E-state index in [0.29, 0.717) is 11.3 Å². The Morgan fingerprint density at radius 3 is 2.50 bits per heavy atom. The van der Waals surface area contributed by atoms with Crippen LogP contribution in [0, 0.1) is 5.82 Å². The molecule has 0 aromatic carbocycles. The number of ether oxygens (including phenoxy) is 1. The SMILES string of the molecule is COc1cc2ncc(-c3cc(Cl)ncc3F)n2cc1S(=O)(=O)C(C)(C)C. The van der Waals surface area contributed by atoms with E-state index >= 15 is 0 Å². The number of hydrogen-bond acceptors (Lipinski definition) is 5. The van der Waals surface area contributed by atoms with Crippen LogP contribution in [0.15, 0.2) is 35.6 Å². The van der Waals surface area contributed by atoms with Gasteiger partial charge in [0.1, 0.15) is 21.4 Å². The minimum absolute atomic E-state index is 0.000175. The summed E-state index contributed by atoms with van der Waals surface area (Å²) in [5.41, 5.74) is 0.939. The second-order valence-corrected chi connectivity index (χ2v) is 9.74. The second kappa shape index (κ2) is 6.21. The molecule has 0 aliphatic heterocycles. The van der Waals surface area contributed by atoms with Gasteiger partial charge in [-0.05, 0) is 26.8 Å². The Morgan fingerprint density at radius 1 is 1.19 bits per heavy atom. The maximum atomic E-state index is 14.2. The van der Waals surface area contributed by atoms with Crippen molar-refractivity contribution >= 4 is 27.1 Å². The largest absolute Gasteiger partial charge is 0.495 e. The number of rotatable bonds is 3. The van der Waals surface area contributed by atoms with Crippen molar-refractivity contribution in [2.45, 2.75) is 30.4 Å². The predicted molar refractivity (Wildman–Crippen MR) is 96.9 cm³/mol. The molecule has 3 aromatic heterocycles. The number of halogens is 2. The van der Waals surface area contributed by atoms with Gasteiger partial charge in [-0.1, -0.05) is 11.6 Å². The normalized spacial score (nSPS) is 12.5. The average molecular weight is 398 g/mol. The number of hydrogen-bond donors (Lipinski definition) is 0. The summed E-state index contributed by atoms with van der Waals surface area (Å²) in [5.74, 6) is -0.412. The van der Waals surface area contributed by atoms with Crippen molar-refractivity contribution in [3.63, 3.8) is 0 Å². The number of fused-ring (bicyclic) bond motifs is 1. The summed E-state index contributed by atoms with van der Waals surface area (Å²) < 4.78 is 45.8. The van der Waals surface area contributed by atoms with Crippen LogP contribution in [0.3, 0.4) is 0 Å². The van der Waals surface area contributed by atoms with Crippen LogP contribution >= 0.6 is 11.6 Å². The summed E-state index contributed by atoms with van der Waals surface area (Å²) in [6, 6.07) is 2.87. The number of pyridine rings is 2. The van der Waals surface area contributed by atoms with Gasteiger partial charge >= 0.3 is 0 Å². The van der Waals surface area contributed by atoms with E-state index in [2.05, 4.69) is 9.97 Å². The van der Waals surface area contributed by atoms with Crippen LogP contribution in [0.5, 0.6) is 5.75 Å². The standard InChI is InChI=1S/C17H17ClFN3O3S/c1-17(2,3)26(23,24)14-9-22-12(8-21-16(22)6-13(14)25-4)10-5-15(18)20-7-11(10)19/h5-9H,1-4H3. The van der Waals surface area contributed by atoms with Crippen molar-refractivity contribution in [2.75, 3.05) is 7.11 Å². The molecule has 6 nitrogen and oxygen atoms in total. The van der Waals surface area contributed by atoms with Gasteiger partial charge in [0, 0.05) is 17.8 Å². The molecular weight excluding hydrogens is 381 g/mol. The Balaban J connectivity index is 2.34. The zero-order valence-electron chi connectivity index (χ0n) is 14.6. The Bertz CT molecular complexity index is 1100. The number of sulfone groups is 1. The molecule has 9 heteroatoms. The highest BCUT2D eigenvalue weighted by Gasteiger charge is 2.34. The lowest BCUT2D eigenvalue weighted by molar-refractivity contribution is 0.401. The summed E-state index contributed by atoms with van der Waals surface area (Å²) in [7, 11) is -2.32. The summed E-state index contributed by atoms with van der Waals surface area (Å²) in [4.78, 5) is 7.91. The van der Waals surface area contributed by atoms with E-state index in [1.54, 1.807) is 20.8 Å². The topological polar surface area (TPSA) is 73.6 Å². The third-order valence-electron chi connectivity index (χ3n) is 3.99. The molecule has 0 bridgehead atoms. The molecule has 0 radical (unpaired) electrons. The van der Waals surface area contributed by atoms with Crippen molar-refractivity contribution in [3.8, 4) is 17.0 Å². The fourth-order valence-electron chi connectivity index (χ4n) is 2.49. The van der Waals surface area contributed by atoms with E-state index in [-0.39, 0.29) is 21.4 Å². The van der Waals surface area contributed by atoms with Crippen molar-refractivity contribution in [3.05, 3.63) is 41.7 Å². The van der Waals surface area contributed by atoms with Crippen LogP contribution in [0.1, 0.15) is 20.8 Å². The second-order valence-electron chi connectivity index (χ2n) is 6.68. The Morgan fingerprint density at radius 2 is 1.88 bits per heavy atom. The number of aromatic nitrogens is 3. The van der Waals surface area contributed by atoms with Gasteiger partial charge in [0.2, 0.25) is 0 Å². The maximum Gasteiger partial charge on any atom is 0.188 e. The van der Waals surface area contributed by atoms with Crippen molar-refractivity contribution < 1.29 is 17.5 Å². The van der Waals surface area contributed by atoms with Gasteiger partial charge in [-0.15, -0.1) is 0 Å². The first-order valence-electron chi connectivity index (χ1n) is 7.67. The Hall–Kier alpha value is -2.19. The molecule has 0 aliphatic carbocycles. The fraction of sp³-hybridized carbons (Fsp3) is 0.294. The quantitative estimate of drug-likeness (QED) is 0.629. The van der Waals surface area contributed by atoms with Gasteiger partial charge in [0.05, 0.1) is 29.9 Å². The van der Waals surface area contributed by atoms with Gasteiger partial charge in [0.15, 0.2) is 15.7 Å². The third-order valence-corrected chi connectivity index (χ3v) is 6.69.